The topological polar surface area (TPSA) is 114 Å². The van der Waals surface area contributed by atoms with Crippen LogP contribution in [-0.4, -0.2) is 35.7 Å². The summed E-state index contributed by atoms with van der Waals surface area (Å²) in [7, 11) is 0. The van der Waals surface area contributed by atoms with E-state index in [1.54, 1.807) is 35.9 Å². The molecule has 4 aromatic rings. The second kappa shape index (κ2) is 7.53. The van der Waals surface area contributed by atoms with E-state index in [-0.39, 0.29) is 5.91 Å². The van der Waals surface area contributed by atoms with Crippen molar-refractivity contribution in [2.24, 2.45) is 0 Å². The normalized spacial score (nSPS) is 10.5. The average Bonchev–Trinajstić information content (AvgIpc) is 3.38. The van der Waals surface area contributed by atoms with Crippen molar-refractivity contribution in [3.8, 4) is 17.6 Å². The van der Waals surface area contributed by atoms with Crippen LogP contribution in [0.3, 0.4) is 0 Å². The van der Waals surface area contributed by atoms with Crippen molar-refractivity contribution in [2.45, 2.75) is 6.92 Å². The first-order chi connectivity index (χ1) is 14.1. The average molecular weight is 405 g/mol. The summed E-state index contributed by atoms with van der Waals surface area (Å²) in [6.45, 7) is 1.78. The van der Waals surface area contributed by atoms with E-state index in [1.165, 1.54) is 29.6 Å². The summed E-state index contributed by atoms with van der Waals surface area (Å²) in [5.41, 5.74) is 2.65. The quantitative estimate of drug-likeness (QED) is 0.559. The highest BCUT2D eigenvalue weighted by Gasteiger charge is 2.17. The number of anilines is 1. The molecule has 142 valence electrons. The molecule has 0 fully saturated rings. The Morgan fingerprint density at radius 3 is 2.69 bits per heavy atom. The molecule has 9 nitrogen and oxygen atoms in total. The highest BCUT2D eigenvalue weighted by molar-refractivity contribution is 6.32. The second-order valence-electron chi connectivity index (χ2n) is 6.02. The van der Waals surface area contributed by atoms with Crippen molar-refractivity contribution in [1.29, 1.82) is 5.26 Å². The zero-order valence-corrected chi connectivity index (χ0v) is 15.9. The highest BCUT2D eigenvalue weighted by atomic mass is 35.5. The molecule has 0 radical (unpaired) electrons. The van der Waals surface area contributed by atoms with Gasteiger partial charge in [-0.1, -0.05) is 17.7 Å². The Kier molecular flexibility index (Phi) is 4.76. The number of nitriles is 1. The summed E-state index contributed by atoms with van der Waals surface area (Å²) in [6, 6.07) is 10.6. The number of rotatable bonds is 4. The molecule has 4 rings (SSSR count). The van der Waals surface area contributed by atoms with Gasteiger partial charge in [0.05, 0.1) is 64.1 Å². The van der Waals surface area contributed by atoms with E-state index in [0.29, 0.717) is 39.0 Å². The molecule has 0 spiro atoms. The van der Waals surface area contributed by atoms with E-state index in [1.807, 2.05) is 6.07 Å². The Hall–Kier alpha value is -4.03. The van der Waals surface area contributed by atoms with Gasteiger partial charge < -0.3 is 5.32 Å². The van der Waals surface area contributed by atoms with E-state index < -0.39 is 0 Å². The number of nitrogens with zero attached hydrogens (tertiary/aromatic N) is 7. The van der Waals surface area contributed by atoms with Crippen molar-refractivity contribution in [3.63, 3.8) is 0 Å². The highest BCUT2D eigenvalue weighted by Crippen LogP contribution is 2.22. The van der Waals surface area contributed by atoms with Gasteiger partial charge in [-0.25, -0.2) is 9.67 Å². The number of benzene rings is 1. The lowest BCUT2D eigenvalue weighted by Crippen LogP contribution is -2.14. The molecule has 0 unspecified atom stereocenters. The zero-order chi connectivity index (χ0) is 20.4. The molecular formula is C19H13ClN8O. The number of nitrogens with one attached hydrogen (secondary N) is 1. The molecule has 0 saturated carbocycles. The third-order valence-electron chi connectivity index (χ3n) is 4.16. The minimum absolute atomic E-state index is 0.291. The third kappa shape index (κ3) is 3.56. The predicted molar refractivity (Wildman–Crippen MR) is 105 cm³/mol. The third-order valence-corrected chi connectivity index (χ3v) is 4.44. The van der Waals surface area contributed by atoms with Gasteiger partial charge in [-0.15, -0.1) is 4.80 Å². The zero-order valence-electron chi connectivity index (χ0n) is 15.1. The molecular weight excluding hydrogens is 392 g/mol. The Morgan fingerprint density at radius 2 is 1.97 bits per heavy atom. The number of amides is 1. The molecule has 0 bridgehead atoms. The molecule has 3 aromatic heterocycles. The molecule has 0 aliphatic carbocycles. The van der Waals surface area contributed by atoms with E-state index >= 15 is 0 Å². The summed E-state index contributed by atoms with van der Waals surface area (Å²) < 4.78 is 1.60. The standard InChI is InChI=1S/C19H13ClN8O/c1-12-16(11-25-27(12)15-4-2-3-13(7-15)9-21)19(29)26-14-8-17(20)18(22-10-14)28-23-5-6-24-28/h2-8,10-11H,1H3,(H,26,29). The summed E-state index contributed by atoms with van der Waals surface area (Å²) >= 11 is 6.24. The second-order valence-corrected chi connectivity index (χ2v) is 6.43. The Labute approximate surface area is 170 Å². The number of halogens is 1. The maximum atomic E-state index is 12.7. The van der Waals surface area contributed by atoms with Crippen LogP contribution in [0.25, 0.3) is 11.5 Å². The predicted octanol–water partition coefficient (Wildman–Crippen LogP) is 2.93. The van der Waals surface area contributed by atoms with Crippen LogP contribution in [0.5, 0.6) is 0 Å². The van der Waals surface area contributed by atoms with Crippen LogP contribution in [0.1, 0.15) is 21.6 Å². The fourth-order valence-electron chi connectivity index (χ4n) is 2.77. The summed E-state index contributed by atoms with van der Waals surface area (Å²) in [5.74, 6) is 0.00376. The van der Waals surface area contributed by atoms with Gasteiger partial charge in [0.25, 0.3) is 5.91 Å². The van der Waals surface area contributed by atoms with Gasteiger partial charge in [0.2, 0.25) is 0 Å². The molecule has 29 heavy (non-hydrogen) atoms. The lowest BCUT2D eigenvalue weighted by atomic mass is 10.2. The van der Waals surface area contributed by atoms with Crippen molar-refractivity contribution >= 4 is 23.2 Å². The summed E-state index contributed by atoms with van der Waals surface area (Å²) in [4.78, 5) is 18.2. The van der Waals surface area contributed by atoms with Crippen molar-refractivity contribution < 1.29 is 4.79 Å². The van der Waals surface area contributed by atoms with Crippen LogP contribution in [0.15, 0.2) is 55.1 Å². The van der Waals surface area contributed by atoms with Crippen LogP contribution in [0, 0.1) is 18.3 Å². The first-order valence-electron chi connectivity index (χ1n) is 8.45. The van der Waals surface area contributed by atoms with Crippen molar-refractivity contribution in [1.82, 2.24) is 29.8 Å². The first-order valence-corrected chi connectivity index (χ1v) is 8.83. The minimum Gasteiger partial charge on any atom is -0.320 e. The fraction of sp³-hybridized carbons (Fsp3) is 0.0526. The number of carbonyl (C=O) groups excluding carboxylic acids is 1. The van der Waals surface area contributed by atoms with Crippen molar-refractivity contribution in [2.75, 3.05) is 5.32 Å². The SMILES string of the molecule is Cc1c(C(=O)Nc2cnc(-n3nccn3)c(Cl)c2)cnn1-c1cccc(C#N)c1. The van der Waals surface area contributed by atoms with Gasteiger partial charge in [0, 0.05) is 0 Å². The molecule has 1 N–H and O–H groups in total. The molecule has 1 amide bonds. The van der Waals surface area contributed by atoms with E-state index in [9.17, 15) is 4.79 Å². The van der Waals surface area contributed by atoms with Crippen LogP contribution in [-0.2, 0) is 0 Å². The number of aromatic nitrogens is 6. The van der Waals surface area contributed by atoms with Crippen LogP contribution in [0.4, 0.5) is 5.69 Å². The van der Waals surface area contributed by atoms with Crippen molar-refractivity contribution in [3.05, 3.63) is 77.0 Å². The largest absolute Gasteiger partial charge is 0.320 e. The van der Waals surface area contributed by atoms with Gasteiger partial charge in [0.15, 0.2) is 5.82 Å². The maximum absolute atomic E-state index is 12.7. The molecule has 1 aromatic carbocycles. The fourth-order valence-corrected chi connectivity index (χ4v) is 3.01. The maximum Gasteiger partial charge on any atom is 0.259 e. The Balaban J connectivity index is 1.57. The summed E-state index contributed by atoms with van der Waals surface area (Å²) in [5, 5.41) is 24.4. The van der Waals surface area contributed by atoms with Crippen LogP contribution < -0.4 is 5.32 Å². The molecule has 0 atom stereocenters. The van der Waals surface area contributed by atoms with Gasteiger partial charge in [-0.2, -0.15) is 20.6 Å². The molecule has 3 heterocycles. The lowest BCUT2D eigenvalue weighted by molar-refractivity contribution is 0.102. The first kappa shape index (κ1) is 18.3. The van der Waals surface area contributed by atoms with Crippen LogP contribution >= 0.6 is 11.6 Å². The number of hydrogen-bond donors (Lipinski definition) is 1. The monoisotopic (exact) mass is 404 g/mol. The van der Waals surface area contributed by atoms with Gasteiger partial charge in [-0.05, 0) is 31.2 Å². The van der Waals surface area contributed by atoms with Crippen LogP contribution in [0.2, 0.25) is 5.02 Å². The van der Waals surface area contributed by atoms with E-state index in [0.717, 1.165) is 0 Å². The van der Waals surface area contributed by atoms with Gasteiger partial charge >= 0.3 is 0 Å². The summed E-state index contributed by atoms with van der Waals surface area (Å²) in [6.07, 6.45) is 5.97. The Morgan fingerprint density at radius 1 is 1.17 bits per heavy atom. The number of pyridine rings is 1. The molecule has 0 saturated heterocycles. The number of hydrogen-bond acceptors (Lipinski definition) is 6. The van der Waals surface area contributed by atoms with Gasteiger partial charge in [-0.3, -0.25) is 4.79 Å². The van der Waals surface area contributed by atoms with E-state index in [2.05, 4.69) is 31.7 Å². The lowest BCUT2D eigenvalue weighted by Gasteiger charge is -2.08. The Bertz CT molecular complexity index is 1240. The molecule has 0 aliphatic heterocycles. The number of carbonyl (C=O) groups is 1. The molecule has 10 heteroatoms. The smallest absolute Gasteiger partial charge is 0.259 e. The van der Waals surface area contributed by atoms with Gasteiger partial charge in [0.1, 0.15) is 0 Å². The minimum atomic E-state index is -0.354. The van der Waals surface area contributed by atoms with E-state index in [4.69, 9.17) is 16.9 Å². The molecule has 0 aliphatic rings.